The molecule has 1 aromatic heterocycles. The van der Waals surface area contributed by atoms with Gasteiger partial charge in [0.2, 0.25) is 0 Å². The first kappa shape index (κ1) is 18.9. The van der Waals surface area contributed by atoms with Gasteiger partial charge in [0.1, 0.15) is 0 Å². The number of esters is 1. The van der Waals surface area contributed by atoms with Gasteiger partial charge in [-0.1, -0.05) is 0 Å². The summed E-state index contributed by atoms with van der Waals surface area (Å²) in [6.45, 7) is 9.14. The van der Waals surface area contributed by atoms with Gasteiger partial charge in [-0.2, -0.15) is 5.10 Å². The fraction of sp³-hybridized carbons (Fsp3) is 0.389. The largest absolute Gasteiger partial charge is 0.462 e. The first-order valence-electron chi connectivity index (χ1n) is 8.33. The molecule has 0 spiro atoms. The minimum Gasteiger partial charge on any atom is -0.462 e. The van der Waals surface area contributed by atoms with E-state index in [-0.39, 0.29) is 12.0 Å². The fourth-order valence-electron chi connectivity index (χ4n) is 2.55. The Bertz CT molecular complexity index is 740. The summed E-state index contributed by atoms with van der Waals surface area (Å²) in [4.78, 5) is 11.7. The Hall–Kier alpha value is -2.41. The smallest absolute Gasteiger partial charge is 0.338 e. The van der Waals surface area contributed by atoms with Crippen LogP contribution in [0.2, 0.25) is 0 Å². The van der Waals surface area contributed by atoms with Crippen LogP contribution in [0.1, 0.15) is 48.4 Å². The Kier molecular flexibility index (Phi) is 6.52. The zero-order valence-corrected chi connectivity index (χ0v) is 15.8. The van der Waals surface area contributed by atoms with Gasteiger partial charge in [0.05, 0.1) is 24.4 Å². The number of carbonyl (C=O) groups is 1. The highest BCUT2D eigenvalue weighted by Gasteiger charge is 2.14. The molecule has 0 amide bonds. The number of rotatable bonds is 6. The normalized spacial score (nSPS) is 11.7. The highest BCUT2D eigenvalue weighted by Crippen LogP contribution is 2.17. The molecule has 1 atom stereocenters. The third kappa shape index (κ3) is 4.79. The zero-order chi connectivity index (χ0) is 18.4. The van der Waals surface area contributed by atoms with E-state index in [1.165, 1.54) is 0 Å². The molecular weight excluding hydrogens is 336 g/mol. The Labute approximate surface area is 153 Å². The standard InChI is InChI=1S/C18H24N4O2S/c1-5-22-13(4)16(11-19-22)12(3)20-18(25)21-15-9-7-14(8-10-15)17(23)24-6-2/h7-12H,5-6H2,1-4H3,(H2,20,21,25). The average molecular weight is 360 g/mol. The van der Waals surface area contributed by atoms with Crippen LogP contribution in [0.3, 0.4) is 0 Å². The summed E-state index contributed by atoms with van der Waals surface area (Å²) in [5.41, 5.74) is 3.56. The second kappa shape index (κ2) is 8.62. The van der Waals surface area contributed by atoms with Crippen LogP contribution in [-0.4, -0.2) is 27.5 Å². The summed E-state index contributed by atoms with van der Waals surface area (Å²) in [6, 6.07) is 7.05. The summed E-state index contributed by atoms with van der Waals surface area (Å²) in [6.07, 6.45) is 1.87. The van der Waals surface area contributed by atoms with Crippen LogP contribution >= 0.6 is 12.2 Å². The number of hydrogen-bond acceptors (Lipinski definition) is 4. The molecule has 2 N–H and O–H groups in total. The van der Waals surface area contributed by atoms with Crippen molar-refractivity contribution in [2.45, 2.75) is 40.3 Å². The SMILES string of the molecule is CCOC(=O)c1ccc(NC(=S)NC(C)c2cnn(CC)c2C)cc1. The van der Waals surface area contributed by atoms with Gasteiger partial charge in [-0.15, -0.1) is 0 Å². The molecule has 134 valence electrons. The Balaban J connectivity index is 1.95. The molecule has 0 aliphatic heterocycles. The van der Waals surface area contributed by atoms with Crippen molar-refractivity contribution in [3.63, 3.8) is 0 Å². The van der Waals surface area contributed by atoms with Gasteiger partial charge in [0, 0.05) is 23.5 Å². The lowest BCUT2D eigenvalue weighted by Crippen LogP contribution is -2.31. The number of carbonyl (C=O) groups excluding carboxylic acids is 1. The summed E-state index contributed by atoms with van der Waals surface area (Å²) >= 11 is 5.38. The van der Waals surface area contributed by atoms with Gasteiger partial charge in [0.25, 0.3) is 0 Å². The molecule has 0 saturated carbocycles. The number of aryl methyl sites for hydroxylation is 1. The highest BCUT2D eigenvalue weighted by molar-refractivity contribution is 7.80. The molecule has 0 aliphatic rings. The summed E-state index contributed by atoms with van der Waals surface area (Å²) in [5.74, 6) is -0.327. The molecule has 25 heavy (non-hydrogen) atoms. The quantitative estimate of drug-likeness (QED) is 0.608. The van der Waals surface area contributed by atoms with Crippen molar-refractivity contribution >= 4 is 29.0 Å². The predicted molar refractivity (Wildman–Crippen MR) is 103 cm³/mol. The lowest BCUT2D eigenvalue weighted by molar-refractivity contribution is 0.0526. The number of hydrogen-bond donors (Lipinski definition) is 2. The summed E-state index contributed by atoms with van der Waals surface area (Å²) < 4.78 is 6.92. The minimum absolute atomic E-state index is 0.0408. The fourth-order valence-corrected chi connectivity index (χ4v) is 2.85. The number of aromatic nitrogens is 2. The van der Waals surface area contributed by atoms with E-state index in [1.54, 1.807) is 31.2 Å². The van der Waals surface area contributed by atoms with Crippen LogP contribution in [0.25, 0.3) is 0 Å². The lowest BCUT2D eigenvalue weighted by Gasteiger charge is -2.17. The van der Waals surface area contributed by atoms with Gasteiger partial charge < -0.3 is 15.4 Å². The Morgan fingerprint density at radius 3 is 2.56 bits per heavy atom. The van der Waals surface area contributed by atoms with Gasteiger partial charge in [-0.05, 0) is 64.2 Å². The lowest BCUT2D eigenvalue weighted by atomic mass is 10.1. The van der Waals surface area contributed by atoms with Crippen LogP contribution in [0.15, 0.2) is 30.5 Å². The molecular formula is C18H24N4O2S. The van der Waals surface area contributed by atoms with Crippen molar-refractivity contribution in [3.05, 3.63) is 47.3 Å². The average Bonchev–Trinajstić information content (AvgIpc) is 2.96. The number of ether oxygens (including phenoxy) is 1. The molecule has 0 fully saturated rings. The second-order valence-corrected chi connectivity index (χ2v) is 6.03. The molecule has 1 heterocycles. The number of nitrogens with zero attached hydrogens (tertiary/aromatic N) is 2. The second-order valence-electron chi connectivity index (χ2n) is 5.62. The number of benzene rings is 1. The number of anilines is 1. The summed E-state index contributed by atoms with van der Waals surface area (Å²) in [7, 11) is 0. The van der Waals surface area contributed by atoms with E-state index in [4.69, 9.17) is 17.0 Å². The molecule has 0 aliphatic carbocycles. The van der Waals surface area contributed by atoms with E-state index in [9.17, 15) is 4.79 Å². The topological polar surface area (TPSA) is 68.2 Å². The first-order valence-corrected chi connectivity index (χ1v) is 8.74. The molecule has 6 nitrogen and oxygen atoms in total. The molecule has 2 rings (SSSR count). The molecule has 1 aromatic carbocycles. The predicted octanol–water partition coefficient (Wildman–Crippen LogP) is 3.44. The molecule has 0 bridgehead atoms. The van der Waals surface area contributed by atoms with E-state index in [0.717, 1.165) is 23.5 Å². The van der Waals surface area contributed by atoms with Gasteiger partial charge in [-0.3, -0.25) is 4.68 Å². The third-order valence-electron chi connectivity index (χ3n) is 3.91. The molecule has 0 saturated heterocycles. The maximum absolute atomic E-state index is 11.7. The van der Waals surface area contributed by atoms with Crippen LogP contribution in [-0.2, 0) is 11.3 Å². The third-order valence-corrected chi connectivity index (χ3v) is 4.13. The van der Waals surface area contributed by atoms with Crippen molar-refractivity contribution < 1.29 is 9.53 Å². The monoisotopic (exact) mass is 360 g/mol. The molecule has 0 radical (unpaired) electrons. The molecule has 7 heteroatoms. The molecule has 2 aromatic rings. The van der Waals surface area contributed by atoms with Crippen molar-refractivity contribution in [3.8, 4) is 0 Å². The van der Waals surface area contributed by atoms with E-state index in [2.05, 4.69) is 29.6 Å². The van der Waals surface area contributed by atoms with Crippen LogP contribution in [0.4, 0.5) is 5.69 Å². The van der Waals surface area contributed by atoms with Crippen molar-refractivity contribution in [2.24, 2.45) is 0 Å². The van der Waals surface area contributed by atoms with Crippen molar-refractivity contribution in [1.82, 2.24) is 15.1 Å². The zero-order valence-electron chi connectivity index (χ0n) is 15.0. The Morgan fingerprint density at radius 1 is 1.32 bits per heavy atom. The van der Waals surface area contributed by atoms with E-state index in [1.807, 2.05) is 17.8 Å². The Morgan fingerprint density at radius 2 is 2.00 bits per heavy atom. The van der Waals surface area contributed by atoms with Crippen molar-refractivity contribution in [1.29, 1.82) is 0 Å². The minimum atomic E-state index is -0.327. The first-order chi connectivity index (χ1) is 12.0. The highest BCUT2D eigenvalue weighted by atomic mass is 32.1. The van der Waals surface area contributed by atoms with E-state index >= 15 is 0 Å². The summed E-state index contributed by atoms with van der Waals surface area (Å²) in [5, 5.41) is 11.2. The number of thiocarbonyl (C=S) groups is 1. The number of nitrogens with one attached hydrogen (secondary N) is 2. The van der Waals surface area contributed by atoms with Crippen molar-refractivity contribution in [2.75, 3.05) is 11.9 Å². The van der Waals surface area contributed by atoms with E-state index < -0.39 is 0 Å². The van der Waals surface area contributed by atoms with Gasteiger partial charge in [-0.25, -0.2) is 4.79 Å². The van der Waals surface area contributed by atoms with Gasteiger partial charge in [0.15, 0.2) is 5.11 Å². The maximum Gasteiger partial charge on any atom is 0.338 e. The van der Waals surface area contributed by atoms with E-state index in [0.29, 0.717) is 17.3 Å². The van der Waals surface area contributed by atoms with Crippen LogP contribution in [0, 0.1) is 6.92 Å². The van der Waals surface area contributed by atoms with Crippen LogP contribution in [0.5, 0.6) is 0 Å². The van der Waals surface area contributed by atoms with Gasteiger partial charge >= 0.3 is 5.97 Å². The molecule has 1 unspecified atom stereocenters. The van der Waals surface area contributed by atoms with Crippen LogP contribution < -0.4 is 10.6 Å². The maximum atomic E-state index is 11.7.